The molecule has 0 amide bonds. The lowest BCUT2D eigenvalue weighted by molar-refractivity contribution is 0.543. The van der Waals surface area contributed by atoms with Gasteiger partial charge < -0.3 is 0 Å². The third-order valence-corrected chi connectivity index (χ3v) is 2.25. The third kappa shape index (κ3) is 1.57. The maximum Gasteiger partial charge on any atom is -0.0292 e. The largest absolute Gasteiger partial charge is 0.0744 e. The first-order valence-electron chi connectivity index (χ1n) is 3.68. The lowest BCUT2D eigenvalue weighted by Gasteiger charge is -2.19. The van der Waals surface area contributed by atoms with Crippen molar-refractivity contribution in [2.45, 2.75) is 33.1 Å². The Labute approximate surface area is 58.0 Å². The zero-order valence-corrected chi connectivity index (χ0v) is 6.41. The van der Waals surface area contributed by atoms with Crippen LogP contribution in [-0.4, -0.2) is 0 Å². The van der Waals surface area contributed by atoms with Crippen LogP contribution in [0.4, 0.5) is 0 Å². The number of rotatable bonds is 0. The van der Waals surface area contributed by atoms with Crippen molar-refractivity contribution in [1.29, 1.82) is 0 Å². The number of allylic oxidation sites excluding steroid dienone is 2. The van der Waals surface area contributed by atoms with E-state index < -0.39 is 0 Å². The Bertz CT molecular complexity index is 131. The summed E-state index contributed by atoms with van der Waals surface area (Å²) in [6, 6.07) is 0. The summed E-state index contributed by atoms with van der Waals surface area (Å²) in [4.78, 5) is 0. The second-order valence-corrected chi connectivity index (χ2v) is 3.17. The summed E-state index contributed by atoms with van der Waals surface area (Å²) in [5.41, 5.74) is 3.16. The molecule has 1 aliphatic rings. The lowest BCUT2D eigenvalue weighted by Crippen LogP contribution is -2.03. The molecule has 51 valence electrons. The van der Waals surface area contributed by atoms with Crippen molar-refractivity contribution in [3.05, 3.63) is 18.1 Å². The topological polar surface area (TPSA) is 0 Å². The zero-order valence-electron chi connectivity index (χ0n) is 6.41. The van der Waals surface area contributed by atoms with E-state index in [0.717, 1.165) is 0 Å². The smallest absolute Gasteiger partial charge is 0.0292 e. The molecule has 0 aromatic heterocycles. The van der Waals surface area contributed by atoms with Gasteiger partial charge in [0.2, 0.25) is 0 Å². The Balaban J connectivity index is 2.61. The molecular weight excluding hydrogens is 108 g/mol. The fourth-order valence-electron chi connectivity index (χ4n) is 1.34. The van der Waals surface area contributed by atoms with Crippen LogP contribution in [0, 0.1) is 12.8 Å². The predicted octanol–water partition coefficient (Wildman–Crippen LogP) is 2.96. The highest BCUT2D eigenvalue weighted by atomic mass is 14.2. The van der Waals surface area contributed by atoms with Crippen LogP contribution in [-0.2, 0) is 0 Å². The molecule has 0 aromatic rings. The van der Waals surface area contributed by atoms with E-state index in [1.165, 1.54) is 19.3 Å². The minimum absolute atomic E-state index is 0.689. The van der Waals surface area contributed by atoms with Gasteiger partial charge in [-0.15, -0.1) is 0 Å². The molecule has 0 heterocycles. The molecule has 0 bridgehead atoms. The molecule has 0 unspecified atom stereocenters. The van der Waals surface area contributed by atoms with Gasteiger partial charge >= 0.3 is 0 Å². The summed E-state index contributed by atoms with van der Waals surface area (Å²) < 4.78 is 0. The van der Waals surface area contributed by atoms with E-state index in [2.05, 4.69) is 20.8 Å². The molecule has 1 atom stereocenters. The van der Waals surface area contributed by atoms with Crippen molar-refractivity contribution in [1.82, 2.24) is 0 Å². The maximum atomic E-state index is 4.05. The first kappa shape index (κ1) is 6.85. The summed E-state index contributed by atoms with van der Waals surface area (Å²) in [6.07, 6.45) is 3.80. The van der Waals surface area contributed by atoms with Crippen LogP contribution in [0.25, 0.3) is 0 Å². The van der Waals surface area contributed by atoms with E-state index in [9.17, 15) is 0 Å². The quantitative estimate of drug-likeness (QED) is 0.434. The van der Waals surface area contributed by atoms with Crippen LogP contribution < -0.4 is 0 Å². The van der Waals surface area contributed by atoms with Crippen LogP contribution in [0.3, 0.4) is 0 Å². The summed E-state index contributed by atoms with van der Waals surface area (Å²) in [5, 5.41) is 0. The van der Waals surface area contributed by atoms with Crippen molar-refractivity contribution < 1.29 is 0 Å². The molecule has 1 rings (SSSR count). The van der Waals surface area contributed by atoms with Crippen LogP contribution >= 0.6 is 0 Å². The van der Waals surface area contributed by atoms with E-state index in [1.54, 1.807) is 11.1 Å². The van der Waals surface area contributed by atoms with Crippen molar-refractivity contribution in [2.75, 3.05) is 0 Å². The van der Waals surface area contributed by atoms with Gasteiger partial charge in [0.05, 0.1) is 0 Å². The van der Waals surface area contributed by atoms with E-state index >= 15 is 0 Å². The Kier molecular flexibility index (Phi) is 1.94. The van der Waals surface area contributed by atoms with Gasteiger partial charge in [0, 0.05) is 0 Å². The summed E-state index contributed by atoms with van der Waals surface area (Å²) in [5.74, 6) is 0.689. The molecule has 0 aromatic carbocycles. The zero-order chi connectivity index (χ0) is 6.85. The van der Waals surface area contributed by atoms with Gasteiger partial charge in [-0.1, -0.05) is 11.1 Å². The predicted molar refractivity (Wildman–Crippen MR) is 41.1 cm³/mol. The number of hydrogen-bond acceptors (Lipinski definition) is 0. The van der Waals surface area contributed by atoms with Crippen molar-refractivity contribution in [3.63, 3.8) is 0 Å². The van der Waals surface area contributed by atoms with Gasteiger partial charge in [-0.3, -0.25) is 0 Å². The van der Waals surface area contributed by atoms with Gasteiger partial charge in [0.25, 0.3) is 0 Å². The number of hydrogen-bond donors (Lipinski definition) is 0. The standard InChI is InChI=1S/C9H15/c1-7-4-5-8(2)9(3)6-7/h7H,1,4-6H2,2-3H3/t7-/m1/s1. The molecule has 0 nitrogen and oxygen atoms in total. The van der Waals surface area contributed by atoms with E-state index in [1.807, 2.05) is 0 Å². The van der Waals surface area contributed by atoms with E-state index in [0.29, 0.717) is 5.92 Å². The van der Waals surface area contributed by atoms with Crippen LogP contribution in [0.15, 0.2) is 11.1 Å². The van der Waals surface area contributed by atoms with Crippen molar-refractivity contribution >= 4 is 0 Å². The normalized spacial score (nSPS) is 29.0. The first-order valence-corrected chi connectivity index (χ1v) is 3.68. The van der Waals surface area contributed by atoms with Crippen molar-refractivity contribution in [3.8, 4) is 0 Å². The molecule has 0 spiro atoms. The molecule has 0 N–H and O–H groups in total. The highest BCUT2D eigenvalue weighted by molar-refractivity contribution is 5.13. The highest BCUT2D eigenvalue weighted by Crippen LogP contribution is 2.27. The molecule has 0 saturated heterocycles. The fourth-order valence-corrected chi connectivity index (χ4v) is 1.34. The Morgan fingerprint density at radius 3 is 2.44 bits per heavy atom. The van der Waals surface area contributed by atoms with Crippen LogP contribution in [0.5, 0.6) is 0 Å². The van der Waals surface area contributed by atoms with Crippen molar-refractivity contribution in [2.24, 2.45) is 5.92 Å². The Morgan fingerprint density at radius 1 is 1.33 bits per heavy atom. The fraction of sp³-hybridized carbons (Fsp3) is 0.667. The molecule has 1 aliphatic carbocycles. The molecule has 0 heteroatoms. The van der Waals surface area contributed by atoms with Crippen LogP contribution in [0.1, 0.15) is 33.1 Å². The molecule has 0 fully saturated rings. The Morgan fingerprint density at radius 2 is 2.00 bits per heavy atom. The monoisotopic (exact) mass is 123 g/mol. The third-order valence-electron chi connectivity index (χ3n) is 2.25. The van der Waals surface area contributed by atoms with E-state index in [4.69, 9.17) is 0 Å². The average Bonchev–Trinajstić information content (AvgIpc) is 1.80. The summed E-state index contributed by atoms with van der Waals surface area (Å²) >= 11 is 0. The first-order chi connectivity index (χ1) is 4.20. The molecular formula is C9H15. The minimum atomic E-state index is 0.689. The molecule has 0 aliphatic heterocycles. The highest BCUT2D eigenvalue weighted by Gasteiger charge is 2.10. The minimum Gasteiger partial charge on any atom is -0.0744 e. The van der Waals surface area contributed by atoms with Gasteiger partial charge in [-0.25, -0.2) is 0 Å². The van der Waals surface area contributed by atoms with E-state index in [-0.39, 0.29) is 0 Å². The van der Waals surface area contributed by atoms with Crippen LogP contribution in [0.2, 0.25) is 0 Å². The summed E-state index contributed by atoms with van der Waals surface area (Å²) in [7, 11) is 0. The lowest BCUT2D eigenvalue weighted by atomic mass is 9.86. The molecule has 9 heavy (non-hydrogen) atoms. The SMILES string of the molecule is [CH2][C@@H]1CCC(C)=C(C)C1. The molecule has 1 radical (unpaired) electrons. The Hall–Kier alpha value is -0.260. The van der Waals surface area contributed by atoms with Gasteiger partial charge in [0.15, 0.2) is 0 Å². The summed E-state index contributed by atoms with van der Waals surface area (Å²) in [6.45, 7) is 8.51. The second kappa shape index (κ2) is 2.55. The van der Waals surface area contributed by atoms with Gasteiger partial charge in [-0.05, 0) is 46.0 Å². The maximum absolute atomic E-state index is 4.05. The average molecular weight is 123 g/mol. The molecule has 0 saturated carbocycles. The van der Waals surface area contributed by atoms with Gasteiger partial charge in [0.1, 0.15) is 0 Å². The second-order valence-electron chi connectivity index (χ2n) is 3.17. The van der Waals surface area contributed by atoms with Gasteiger partial charge in [-0.2, -0.15) is 0 Å².